The van der Waals surface area contributed by atoms with Crippen LogP contribution < -0.4 is 9.80 Å². The molecule has 2 aromatic heterocycles. The van der Waals surface area contributed by atoms with Crippen LogP contribution in [0.2, 0.25) is 0 Å². The van der Waals surface area contributed by atoms with Gasteiger partial charge in [0.2, 0.25) is 0 Å². The van der Waals surface area contributed by atoms with Crippen molar-refractivity contribution in [3.63, 3.8) is 0 Å². The largest absolute Gasteiger partial charge is 0.448 e. The molecule has 2 fully saturated rings. The minimum absolute atomic E-state index is 0.0449. The molecule has 2 aliphatic heterocycles. The van der Waals surface area contributed by atoms with Gasteiger partial charge in [-0.1, -0.05) is 17.9 Å². The average molecular weight is 531 g/mol. The van der Waals surface area contributed by atoms with E-state index in [0.29, 0.717) is 30.2 Å². The molecule has 5 rings (SSSR count). The molecule has 0 N–H and O–H groups in total. The number of fused-ring (bicyclic) bond motifs is 1. The van der Waals surface area contributed by atoms with Crippen molar-refractivity contribution in [3.05, 3.63) is 46.1 Å². The molecule has 10 heteroatoms. The molecule has 3 aromatic rings. The van der Waals surface area contributed by atoms with Crippen molar-refractivity contribution in [1.82, 2.24) is 14.9 Å². The number of hydrogen-bond acceptors (Lipinski definition) is 10. The molecule has 0 unspecified atom stereocenters. The van der Waals surface area contributed by atoms with Crippen molar-refractivity contribution in [2.45, 2.75) is 13.8 Å². The number of rotatable bonds is 5. The van der Waals surface area contributed by atoms with Gasteiger partial charge < -0.3 is 19.3 Å². The summed E-state index contributed by atoms with van der Waals surface area (Å²) in [4.78, 5) is 29.8. The van der Waals surface area contributed by atoms with Crippen LogP contribution in [0.1, 0.15) is 26.4 Å². The lowest BCUT2D eigenvalue weighted by Gasteiger charge is -2.35. The summed E-state index contributed by atoms with van der Waals surface area (Å²) in [6, 6.07) is 8.24. The molecule has 0 radical (unpaired) electrons. The van der Waals surface area contributed by atoms with Gasteiger partial charge in [0, 0.05) is 39.3 Å². The Bertz CT molecular complexity index is 1420. The number of aromatic nitrogens is 2. The van der Waals surface area contributed by atoms with Crippen LogP contribution in [0.5, 0.6) is 0 Å². The Labute approximate surface area is 226 Å². The van der Waals surface area contributed by atoms with E-state index < -0.39 is 0 Å². The van der Waals surface area contributed by atoms with Gasteiger partial charge in [-0.3, -0.25) is 4.90 Å². The monoisotopic (exact) mass is 530 g/mol. The van der Waals surface area contributed by atoms with Gasteiger partial charge >= 0.3 is 5.97 Å². The fraction of sp³-hybridized carbons (Fsp3) is 0.429. The van der Waals surface area contributed by atoms with Crippen LogP contribution in [0.3, 0.4) is 0 Å². The SMILES string of the molecule is Cc1ccc(C#N)c(N2CCN(CC#CCOC(=O)c3sc4ncnc(N5CCOCC5)c4c3C)CC2)c1. The Morgan fingerprint density at radius 3 is 2.63 bits per heavy atom. The lowest BCUT2D eigenvalue weighted by atomic mass is 10.1. The Hall–Kier alpha value is -3.70. The number of nitriles is 1. The molecule has 0 aliphatic carbocycles. The summed E-state index contributed by atoms with van der Waals surface area (Å²) in [7, 11) is 0. The number of anilines is 2. The van der Waals surface area contributed by atoms with E-state index >= 15 is 0 Å². The fourth-order valence-corrected chi connectivity index (χ4v) is 5.83. The molecule has 2 aliphatic rings. The summed E-state index contributed by atoms with van der Waals surface area (Å²) in [6.07, 6.45) is 1.55. The van der Waals surface area contributed by atoms with Gasteiger partial charge in [-0.2, -0.15) is 5.26 Å². The summed E-state index contributed by atoms with van der Waals surface area (Å²) in [5.41, 5.74) is 3.71. The minimum atomic E-state index is -0.382. The third kappa shape index (κ3) is 5.58. The normalized spacial score (nSPS) is 16.1. The van der Waals surface area contributed by atoms with E-state index in [-0.39, 0.29) is 12.6 Å². The van der Waals surface area contributed by atoms with E-state index in [0.717, 1.165) is 72.1 Å². The molecule has 0 spiro atoms. The number of thiophene rings is 1. The molecule has 4 heterocycles. The molecule has 196 valence electrons. The maximum absolute atomic E-state index is 12.8. The zero-order chi connectivity index (χ0) is 26.5. The van der Waals surface area contributed by atoms with Gasteiger partial charge in [0.1, 0.15) is 27.9 Å². The maximum atomic E-state index is 12.8. The van der Waals surface area contributed by atoms with Crippen LogP contribution in [0.15, 0.2) is 24.5 Å². The standard InChI is InChI=1S/C28H30N6O3S/c1-20-5-6-22(18-29)23(17-20)33-10-8-32(9-11-33)7-3-4-14-37-28(35)25-21(2)24-26(30-19-31-27(24)38-25)34-12-15-36-16-13-34/h5-6,17,19H,7-16H2,1-2H3. The predicted molar refractivity (Wildman–Crippen MR) is 148 cm³/mol. The van der Waals surface area contributed by atoms with Crippen molar-refractivity contribution in [3.8, 4) is 17.9 Å². The highest BCUT2D eigenvalue weighted by molar-refractivity contribution is 7.20. The highest BCUT2D eigenvalue weighted by Gasteiger charge is 2.24. The van der Waals surface area contributed by atoms with Gasteiger partial charge in [-0.15, -0.1) is 11.3 Å². The van der Waals surface area contributed by atoms with Crippen molar-refractivity contribution < 1.29 is 14.3 Å². The topological polar surface area (TPSA) is 94.8 Å². The van der Waals surface area contributed by atoms with E-state index in [1.165, 1.54) is 11.3 Å². The summed E-state index contributed by atoms with van der Waals surface area (Å²) in [5.74, 6) is 6.58. The van der Waals surface area contributed by atoms with Gasteiger partial charge in [0.05, 0.1) is 36.4 Å². The summed E-state index contributed by atoms with van der Waals surface area (Å²) in [6.45, 7) is 10.9. The third-order valence-corrected chi connectivity index (χ3v) is 8.07. The molecule has 0 amide bonds. The Morgan fingerprint density at radius 2 is 1.87 bits per heavy atom. The summed E-state index contributed by atoms with van der Waals surface area (Å²) in [5, 5.41) is 10.3. The van der Waals surface area contributed by atoms with E-state index in [2.05, 4.69) is 48.6 Å². The van der Waals surface area contributed by atoms with Gasteiger partial charge in [-0.25, -0.2) is 14.8 Å². The lowest BCUT2D eigenvalue weighted by molar-refractivity contribution is 0.0561. The average Bonchev–Trinajstić information content (AvgIpc) is 3.30. The number of morpholine rings is 1. The van der Waals surface area contributed by atoms with Crippen LogP contribution >= 0.6 is 11.3 Å². The molecule has 1 aromatic carbocycles. The van der Waals surface area contributed by atoms with Gasteiger partial charge in [0.25, 0.3) is 0 Å². The number of benzene rings is 1. The van der Waals surface area contributed by atoms with Crippen LogP contribution in [-0.2, 0) is 9.47 Å². The molecular formula is C28H30N6O3S. The van der Waals surface area contributed by atoms with Crippen LogP contribution in [0, 0.1) is 37.0 Å². The number of ether oxygens (including phenoxy) is 2. The molecule has 0 atom stereocenters. The Morgan fingerprint density at radius 1 is 1.08 bits per heavy atom. The van der Waals surface area contributed by atoms with Gasteiger partial charge in [0.15, 0.2) is 6.61 Å². The smallest absolute Gasteiger partial charge is 0.349 e. The number of nitrogens with zero attached hydrogens (tertiary/aromatic N) is 6. The highest BCUT2D eigenvalue weighted by Crippen LogP contribution is 2.35. The first-order valence-corrected chi connectivity index (χ1v) is 13.5. The van der Waals surface area contributed by atoms with E-state index in [1.54, 1.807) is 6.33 Å². The number of piperazine rings is 1. The quantitative estimate of drug-likeness (QED) is 0.364. The second-order valence-corrected chi connectivity index (χ2v) is 10.4. The number of aryl methyl sites for hydroxylation is 2. The Balaban J connectivity index is 1.14. The van der Waals surface area contributed by atoms with Crippen molar-refractivity contribution >= 4 is 39.0 Å². The molecule has 2 saturated heterocycles. The van der Waals surface area contributed by atoms with Crippen molar-refractivity contribution in [1.29, 1.82) is 5.26 Å². The molecule has 9 nitrogen and oxygen atoms in total. The summed E-state index contributed by atoms with van der Waals surface area (Å²) >= 11 is 1.33. The predicted octanol–water partition coefficient (Wildman–Crippen LogP) is 3.00. The van der Waals surface area contributed by atoms with Crippen molar-refractivity contribution in [2.24, 2.45) is 0 Å². The number of esters is 1. The van der Waals surface area contributed by atoms with Gasteiger partial charge in [-0.05, 0) is 37.1 Å². The highest BCUT2D eigenvalue weighted by atomic mass is 32.1. The van der Waals surface area contributed by atoms with Crippen molar-refractivity contribution in [2.75, 3.05) is 75.4 Å². The van der Waals surface area contributed by atoms with E-state index in [4.69, 9.17) is 9.47 Å². The second-order valence-electron chi connectivity index (χ2n) is 9.36. The van der Waals surface area contributed by atoms with E-state index in [9.17, 15) is 10.1 Å². The van der Waals surface area contributed by atoms with E-state index in [1.807, 2.05) is 26.0 Å². The minimum Gasteiger partial charge on any atom is -0.448 e. The molecule has 0 saturated carbocycles. The number of carbonyl (C=O) groups is 1. The van der Waals surface area contributed by atoms with Crippen LogP contribution in [0.4, 0.5) is 11.5 Å². The number of hydrogen-bond donors (Lipinski definition) is 0. The molecule has 0 bridgehead atoms. The number of carbonyl (C=O) groups excluding carboxylic acids is 1. The second kappa shape index (κ2) is 11.8. The zero-order valence-corrected chi connectivity index (χ0v) is 22.5. The summed E-state index contributed by atoms with van der Waals surface area (Å²) < 4.78 is 10.9. The third-order valence-electron chi connectivity index (χ3n) is 6.89. The lowest BCUT2D eigenvalue weighted by Crippen LogP contribution is -2.46. The zero-order valence-electron chi connectivity index (χ0n) is 21.7. The first kappa shape index (κ1) is 25.9. The molecule has 38 heavy (non-hydrogen) atoms. The maximum Gasteiger partial charge on any atom is 0.349 e. The first-order chi connectivity index (χ1) is 18.5. The fourth-order valence-electron chi connectivity index (χ4n) is 4.79. The molecular weight excluding hydrogens is 500 g/mol. The van der Waals surface area contributed by atoms with Crippen LogP contribution in [-0.4, -0.2) is 86.5 Å². The Kier molecular flexibility index (Phi) is 8.04. The van der Waals surface area contributed by atoms with Crippen LogP contribution in [0.25, 0.3) is 10.2 Å². The first-order valence-electron chi connectivity index (χ1n) is 12.7.